The number of aromatic nitrogens is 2. The Bertz CT molecular complexity index is 918. The van der Waals surface area contributed by atoms with E-state index in [1.807, 2.05) is 24.3 Å². The molecule has 7 heteroatoms. The molecule has 0 bridgehead atoms. The smallest absolute Gasteiger partial charge is 0.270 e. The second kappa shape index (κ2) is 9.09. The van der Waals surface area contributed by atoms with E-state index in [9.17, 15) is 9.18 Å². The number of hydrogen-bond acceptors (Lipinski definition) is 4. The van der Waals surface area contributed by atoms with Gasteiger partial charge >= 0.3 is 0 Å². The maximum atomic E-state index is 12.9. The first-order valence-electron chi connectivity index (χ1n) is 8.43. The number of nitrogens with one attached hydrogen (secondary N) is 2. The van der Waals surface area contributed by atoms with Gasteiger partial charge < -0.3 is 10.6 Å². The van der Waals surface area contributed by atoms with E-state index in [0.29, 0.717) is 30.4 Å². The molecule has 0 radical (unpaired) electrons. The molecule has 0 unspecified atom stereocenters. The van der Waals surface area contributed by atoms with E-state index in [0.717, 1.165) is 11.1 Å². The van der Waals surface area contributed by atoms with E-state index in [1.165, 1.54) is 18.5 Å². The SMILES string of the molecule is O=C(NCCc1cccc(Cl)c1)c1cc(NCc2ccc(F)cc2)ncn1. The molecule has 0 spiro atoms. The highest BCUT2D eigenvalue weighted by atomic mass is 35.5. The van der Waals surface area contributed by atoms with Gasteiger partial charge in [-0.3, -0.25) is 4.79 Å². The van der Waals surface area contributed by atoms with Crippen LogP contribution in [0.25, 0.3) is 0 Å². The standard InChI is InChI=1S/C20H18ClFN4O/c21-16-3-1-2-14(10-16)8-9-23-20(27)18-11-19(26-13-25-18)24-12-15-4-6-17(22)7-5-15/h1-7,10-11,13H,8-9,12H2,(H,23,27)(H,24,25,26). The molecule has 1 aromatic heterocycles. The van der Waals surface area contributed by atoms with E-state index >= 15 is 0 Å². The van der Waals surface area contributed by atoms with Crippen LogP contribution in [0.15, 0.2) is 60.9 Å². The summed E-state index contributed by atoms with van der Waals surface area (Å²) >= 11 is 5.95. The Morgan fingerprint density at radius 1 is 1.04 bits per heavy atom. The first kappa shape index (κ1) is 18.8. The summed E-state index contributed by atoms with van der Waals surface area (Å²) in [6, 6.07) is 15.3. The van der Waals surface area contributed by atoms with Gasteiger partial charge in [-0.1, -0.05) is 35.9 Å². The van der Waals surface area contributed by atoms with Gasteiger partial charge in [-0.15, -0.1) is 0 Å². The molecule has 138 valence electrons. The van der Waals surface area contributed by atoms with Gasteiger partial charge in [-0.05, 0) is 41.8 Å². The van der Waals surface area contributed by atoms with E-state index < -0.39 is 0 Å². The first-order chi connectivity index (χ1) is 13.1. The fraction of sp³-hybridized carbons (Fsp3) is 0.150. The van der Waals surface area contributed by atoms with Crippen LogP contribution >= 0.6 is 11.6 Å². The van der Waals surface area contributed by atoms with Gasteiger partial charge in [0.1, 0.15) is 23.7 Å². The number of benzene rings is 2. The van der Waals surface area contributed by atoms with Crippen molar-refractivity contribution in [3.8, 4) is 0 Å². The van der Waals surface area contributed by atoms with Crippen LogP contribution in [0.1, 0.15) is 21.6 Å². The predicted octanol–water partition coefficient (Wildman–Crippen LogP) is 3.85. The Hall–Kier alpha value is -2.99. The molecule has 0 aliphatic heterocycles. The molecule has 2 N–H and O–H groups in total. The lowest BCUT2D eigenvalue weighted by atomic mass is 10.1. The van der Waals surface area contributed by atoms with Crippen LogP contribution in [0.3, 0.4) is 0 Å². The highest BCUT2D eigenvalue weighted by Gasteiger charge is 2.08. The molecule has 2 aromatic carbocycles. The molecule has 1 amide bonds. The van der Waals surface area contributed by atoms with Crippen molar-refractivity contribution in [2.45, 2.75) is 13.0 Å². The van der Waals surface area contributed by atoms with Gasteiger partial charge in [-0.2, -0.15) is 0 Å². The van der Waals surface area contributed by atoms with Crippen molar-refractivity contribution in [3.05, 3.63) is 88.6 Å². The number of halogens is 2. The number of anilines is 1. The van der Waals surface area contributed by atoms with Crippen molar-refractivity contribution < 1.29 is 9.18 Å². The van der Waals surface area contributed by atoms with Crippen molar-refractivity contribution in [2.24, 2.45) is 0 Å². The molecule has 1 heterocycles. The number of carbonyl (C=O) groups is 1. The zero-order valence-electron chi connectivity index (χ0n) is 14.5. The average molecular weight is 385 g/mol. The summed E-state index contributed by atoms with van der Waals surface area (Å²) in [6.07, 6.45) is 2.01. The zero-order valence-corrected chi connectivity index (χ0v) is 15.2. The van der Waals surface area contributed by atoms with Gasteiger partial charge in [0.2, 0.25) is 0 Å². The second-order valence-corrected chi connectivity index (χ2v) is 6.34. The summed E-state index contributed by atoms with van der Waals surface area (Å²) in [5.41, 5.74) is 2.23. The lowest BCUT2D eigenvalue weighted by Crippen LogP contribution is -2.26. The quantitative estimate of drug-likeness (QED) is 0.649. The van der Waals surface area contributed by atoms with Crippen LogP contribution in [-0.4, -0.2) is 22.4 Å². The van der Waals surface area contributed by atoms with Crippen LogP contribution in [0.5, 0.6) is 0 Å². The molecule has 5 nitrogen and oxygen atoms in total. The Balaban J connectivity index is 1.52. The molecule has 0 saturated heterocycles. The Kier molecular flexibility index (Phi) is 6.33. The third-order valence-electron chi connectivity index (χ3n) is 3.87. The average Bonchev–Trinajstić information content (AvgIpc) is 2.68. The summed E-state index contributed by atoms with van der Waals surface area (Å²) in [5, 5.41) is 6.60. The van der Waals surface area contributed by atoms with Crippen molar-refractivity contribution in [1.29, 1.82) is 0 Å². The minimum atomic E-state index is -0.280. The molecule has 0 atom stereocenters. The fourth-order valence-electron chi connectivity index (χ4n) is 2.48. The minimum absolute atomic E-state index is 0.274. The molecule has 3 rings (SSSR count). The van der Waals surface area contributed by atoms with E-state index in [-0.39, 0.29) is 17.4 Å². The number of rotatable bonds is 7. The van der Waals surface area contributed by atoms with Crippen molar-refractivity contribution in [1.82, 2.24) is 15.3 Å². The van der Waals surface area contributed by atoms with Crippen molar-refractivity contribution in [3.63, 3.8) is 0 Å². The Labute approximate surface area is 161 Å². The third kappa shape index (κ3) is 5.76. The molecule has 27 heavy (non-hydrogen) atoms. The molecule has 0 fully saturated rings. The fourth-order valence-corrected chi connectivity index (χ4v) is 2.69. The number of nitrogens with zero attached hydrogens (tertiary/aromatic N) is 2. The highest BCUT2D eigenvalue weighted by Crippen LogP contribution is 2.11. The first-order valence-corrected chi connectivity index (χ1v) is 8.81. The summed E-state index contributed by atoms with van der Waals surface area (Å²) in [4.78, 5) is 20.4. The van der Waals surface area contributed by atoms with E-state index in [2.05, 4.69) is 20.6 Å². The summed E-state index contributed by atoms with van der Waals surface area (Å²) in [5.74, 6) is -0.0314. The van der Waals surface area contributed by atoms with Crippen LogP contribution in [0.4, 0.5) is 10.2 Å². The van der Waals surface area contributed by atoms with E-state index in [1.54, 1.807) is 18.2 Å². The van der Waals surface area contributed by atoms with Crippen LogP contribution in [-0.2, 0) is 13.0 Å². The topological polar surface area (TPSA) is 66.9 Å². The second-order valence-electron chi connectivity index (χ2n) is 5.90. The predicted molar refractivity (Wildman–Crippen MR) is 103 cm³/mol. The summed E-state index contributed by atoms with van der Waals surface area (Å²) in [7, 11) is 0. The minimum Gasteiger partial charge on any atom is -0.366 e. The van der Waals surface area contributed by atoms with Crippen molar-refractivity contribution >= 4 is 23.3 Å². The molecule has 0 aliphatic rings. The number of amides is 1. The molecular weight excluding hydrogens is 367 g/mol. The number of hydrogen-bond donors (Lipinski definition) is 2. The number of carbonyl (C=O) groups excluding carboxylic acids is 1. The largest absolute Gasteiger partial charge is 0.366 e. The van der Waals surface area contributed by atoms with Gasteiger partial charge in [0.25, 0.3) is 5.91 Å². The lowest BCUT2D eigenvalue weighted by molar-refractivity contribution is 0.0949. The van der Waals surface area contributed by atoms with Crippen LogP contribution < -0.4 is 10.6 Å². The maximum Gasteiger partial charge on any atom is 0.270 e. The van der Waals surface area contributed by atoms with E-state index in [4.69, 9.17) is 11.6 Å². The summed E-state index contributed by atoms with van der Waals surface area (Å²) in [6.45, 7) is 0.939. The Morgan fingerprint density at radius 3 is 2.63 bits per heavy atom. The maximum absolute atomic E-state index is 12.9. The van der Waals surface area contributed by atoms with Gasteiger partial charge in [-0.25, -0.2) is 14.4 Å². The zero-order chi connectivity index (χ0) is 19.1. The van der Waals surface area contributed by atoms with Gasteiger partial charge in [0.05, 0.1) is 0 Å². The molecule has 3 aromatic rings. The normalized spacial score (nSPS) is 10.4. The molecule has 0 aliphatic carbocycles. The van der Waals surface area contributed by atoms with Gasteiger partial charge in [0.15, 0.2) is 0 Å². The van der Waals surface area contributed by atoms with Crippen LogP contribution in [0.2, 0.25) is 5.02 Å². The third-order valence-corrected chi connectivity index (χ3v) is 4.11. The van der Waals surface area contributed by atoms with Crippen LogP contribution in [0, 0.1) is 5.82 Å². The van der Waals surface area contributed by atoms with Gasteiger partial charge in [0, 0.05) is 24.2 Å². The summed E-state index contributed by atoms with van der Waals surface area (Å²) < 4.78 is 12.9. The highest BCUT2D eigenvalue weighted by molar-refractivity contribution is 6.30. The lowest BCUT2D eigenvalue weighted by Gasteiger charge is -2.08. The Morgan fingerprint density at radius 2 is 1.85 bits per heavy atom. The molecule has 0 saturated carbocycles. The monoisotopic (exact) mass is 384 g/mol. The van der Waals surface area contributed by atoms with Crippen molar-refractivity contribution in [2.75, 3.05) is 11.9 Å². The molecular formula is C20H18ClFN4O.